The maximum absolute atomic E-state index is 12.2. The van der Waals surface area contributed by atoms with Crippen LogP contribution < -0.4 is 16.0 Å². The van der Waals surface area contributed by atoms with Gasteiger partial charge in [0.15, 0.2) is 0 Å². The lowest BCUT2D eigenvalue weighted by Gasteiger charge is -2.12. The molecule has 2 aromatic carbocycles. The molecule has 0 radical (unpaired) electrons. The zero-order valence-corrected chi connectivity index (χ0v) is 18.0. The number of nitrogens with two attached hydrogens (primary N) is 1. The highest BCUT2D eigenvalue weighted by molar-refractivity contribution is 6.03. The predicted octanol–water partition coefficient (Wildman–Crippen LogP) is 3.56. The number of nitrogens with one attached hydrogen (secondary N) is 1. The highest BCUT2D eigenvalue weighted by Crippen LogP contribution is 2.42. The average Bonchev–Trinajstić information content (AvgIpc) is 3.24. The molecular formula is C24H19N7O2. The van der Waals surface area contributed by atoms with Crippen LogP contribution in [0.15, 0.2) is 53.6 Å². The third-order valence-electron chi connectivity index (χ3n) is 5.72. The third kappa shape index (κ3) is 3.21. The maximum atomic E-state index is 12.2. The lowest BCUT2D eigenvalue weighted by Crippen LogP contribution is -2.13. The molecule has 9 nitrogen and oxygen atoms in total. The van der Waals surface area contributed by atoms with E-state index in [0.717, 1.165) is 22.4 Å². The molecule has 3 heterocycles. The normalized spacial score (nSPS) is 11.1. The van der Waals surface area contributed by atoms with E-state index in [2.05, 4.69) is 25.1 Å². The molecule has 5 aromatic rings. The molecule has 0 unspecified atom stereocenters. The number of pyridine rings is 1. The van der Waals surface area contributed by atoms with Gasteiger partial charge in [-0.15, -0.1) is 0 Å². The fourth-order valence-electron chi connectivity index (χ4n) is 4.10. The monoisotopic (exact) mass is 437 g/mol. The van der Waals surface area contributed by atoms with Crippen LogP contribution in [0.5, 0.6) is 5.75 Å². The van der Waals surface area contributed by atoms with Crippen molar-refractivity contribution in [1.82, 2.24) is 25.0 Å². The topological polar surface area (TPSA) is 116 Å². The van der Waals surface area contributed by atoms with Gasteiger partial charge in [0.2, 0.25) is 5.69 Å². The summed E-state index contributed by atoms with van der Waals surface area (Å²) in [6, 6.07) is 11.1. The van der Waals surface area contributed by atoms with E-state index in [1.54, 1.807) is 30.3 Å². The van der Waals surface area contributed by atoms with Gasteiger partial charge in [0.05, 0.1) is 48.4 Å². The minimum atomic E-state index is -0.272. The molecule has 33 heavy (non-hydrogen) atoms. The molecule has 162 valence electrons. The Kier molecular flexibility index (Phi) is 4.84. The minimum absolute atomic E-state index is 0.192. The van der Waals surface area contributed by atoms with Crippen molar-refractivity contribution in [3.05, 3.63) is 76.3 Å². The van der Waals surface area contributed by atoms with E-state index in [0.29, 0.717) is 38.8 Å². The molecule has 0 fully saturated rings. The van der Waals surface area contributed by atoms with Crippen LogP contribution in [0.4, 0.5) is 5.69 Å². The van der Waals surface area contributed by atoms with E-state index in [1.807, 2.05) is 37.4 Å². The van der Waals surface area contributed by atoms with Crippen LogP contribution in [0, 0.1) is 6.57 Å². The second-order valence-electron chi connectivity index (χ2n) is 7.51. The Labute approximate surface area is 188 Å². The summed E-state index contributed by atoms with van der Waals surface area (Å²) >= 11 is 0. The summed E-state index contributed by atoms with van der Waals surface area (Å²) in [5, 5.41) is 12.9. The van der Waals surface area contributed by atoms with Crippen LogP contribution in [-0.4, -0.2) is 32.1 Å². The summed E-state index contributed by atoms with van der Waals surface area (Å²) in [7, 11) is 3.40. The Morgan fingerprint density at radius 1 is 1.12 bits per heavy atom. The van der Waals surface area contributed by atoms with Crippen molar-refractivity contribution < 1.29 is 4.74 Å². The smallest absolute Gasteiger partial charge is 0.272 e. The molecule has 0 atom stereocenters. The first-order chi connectivity index (χ1) is 16.0. The first-order valence-corrected chi connectivity index (χ1v) is 10.1. The fraction of sp³-hybridized carbons (Fsp3) is 0.125. The van der Waals surface area contributed by atoms with Crippen molar-refractivity contribution in [3.8, 4) is 28.1 Å². The largest absolute Gasteiger partial charge is 0.495 e. The minimum Gasteiger partial charge on any atom is -0.495 e. The number of aromatic amines is 1. The van der Waals surface area contributed by atoms with Crippen LogP contribution in [0.25, 0.3) is 48.9 Å². The molecule has 9 heteroatoms. The standard InChI is InChI=1S/C24H19N7O2/c1-26-22-16(6-7-20-18(22)9-14(33-3)11-27-20)23-19(12-28-31(23)2)13-4-5-15-17(8-13)21(10-25)29-30-24(15)32/h4-9,11-12H,10,25H2,2-3H3,(H,30,32). The number of hydrogen-bond acceptors (Lipinski definition) is 6. The zero-order valence-electron chi connectivity index (χ0n) is 18.0. The zero-order chi connectivity index (χ0) is 23.1. The molecule has 3 aromatic heterocycles. The average molecular weight is 437 g/mol. The van der Waals surface area contributed by atoms with E-state index in [9.17, 15) is 4.79 Å². The molecule has 0 aliphatic carbocycles. The highest BCUT2D eigenvalue weighted by Gasteiger charge is 2.19. The first kappa shape index (κ1) is 20.4. The Hall–Kier alpha value is -4.55. The molecule has 0 saturated carbocycles. The summed E-state index contributed by atoms with van der Waals surface area (Å²) in [6.07, 6.45) is 3.38. The van der Waals surface area contributed by atoms with E-state index >= 15 is 0 Å². The van der Waals surface area contributed by atoms with Crippen LogP contribution >= 0.6 is 0 Å². The number of H-pyrrole nitrogens is 1. The Bertz CT molecular complexity index is 1640. The van der Waals surface area contributed by atoms with Crippen LogP contribution in [-0.2, 0) is 13.6 Å². The number of rotatable bonds is 4. The highest BCUT2D eigenvalue weighted by atomic mass is 16.5. The molecule has 3 N–H and O–H groups in total. The quantitative estimate of drug-likeness (QED) is 0.415. The SMILES string of the molecule is [C-]#[N+]c1c(-c2c(-c3ccc4c(=O)[nH]nc(CN)c4c3)cnn2C)ccc2ncc(OC)cc12. The lowest BCUT2D eigenvalue weighted by atomic mass is 9.96. The molecule has 0 amide bonds. The molecule has 5 rings (SSSR count). The third-order valence-corrected chi connectivity index (χ3v) is 5.72. The number of fused-ring (bicyclic) bond motifs is 2. The van der Waals surface area contributed by atoms with E-state index in [-0.39, 0.29) is 12.1 Å². The number of hydrogen-bond donors (Lipinski definition) is 2. The number of ether oxygens (including phenoxy) is 1. The van der Waals surface area contributed by atoms with Crippen molar-refractivity contribution in [2.24, 2.45) is 12.8 Å². The summed E-state index contributed by atoms with van der Waals surface area (Å²) < 4.78 is 7.05. The lowest BCUT2D eigenvalue weighted by molar-refractivity contribution is 0.414. The number of aryl methyl sites for hydroxylation is 1. The number of methoxy groups -OCH3 is 1. The van der Waals surface area contributed by atoms with Crippen molar-refractivity contribution in [3.63, 3.8) is 0 Å². The van der Waals surface area contributed by atoms with Gasteiger partial charge in [0.1, 0.15) is 5.75 Å². The molecule has 0 aliphatic heterocycles. The van der Waals surface area contributed by atoms with E-state index in [1.165, 1.54) is 0 Å². The Morgan fingerprint density at radius 2 is 1.97 bits per heavy atom. The molecule has 0 aliphatic rings. The summed E-state index contributed by atoms with van der Waals surface area (Å²) in [6.45, 7) is 8.09. The van der Waals surface area contributed by atoms with Crippen molar-refractivity contribution >= 4 is 27.4 Å². The number of benzene rings is 2. The van der Waals surface area contributed by atoms with Gasteiger partial charge in [0.25, 0.3) is 5.56 Å². The first-order valence-electron chi connectivity index (χ1n) is 10.1. The van der Waals surface area contributed by atoms with Crippen molar-refractivity contribution in [2.75, 3.05) is 7.11 Å². The summed E-state index contributed by atoms with van der Waals surface area (Å²) in [4.78, 5) is 20.5. The van der Waals surface area contributed by atoms with Gasteiger partial charge >= 0.3 is 0 Å². The van der Waals surface area contributed by atoms with E-state index in [4.69, 9.17) is 17.0 Å². The Balaban J connectivity index is 1.78. The van der Waals surface area contributed by atoms with Gasteiger partial charge in [-0.05, 0) is 29.8 Å². The molecule has 0 saturated heterocycles. The van der Waals surface area contributed by atoms with Crippen molar-refractivity contribution in [2.45, 2.75) is 6.54 Å². The number of nitrogens with zero attached hydrogens (tertiary/aromatic N) is 5. The summed E-state index contributed by atoms with van der Waals surface area (Å²) in [5.41, 5.74) is 10.5. The van der Waals surface area contributed by atoms with Gasteiger partial charge in [-0.2, -0.15) is 10.2 Å². The molecule has 0 bridgehead atoms. The van der Waals surface area contributed by atoms with Crippen LogP contribution in [0.3, 0.4) is 0 Å². The van der Waals surface area contributed by atoms with Gasteiger partial charge < -0.3 is 10.5 Å². The number of aromatic nitrogens is 5. The molecule has 0 spiro atoms. The van der Waals surface area contributed by atoms with Crippen LogP contribution in [0.2, 0.25) is 0 Å². The van der Waals surface area contributed by atoms with E-state index < -0.39 is 0 Å². The van der Waals surface area contributed by atoms with Crippen LogP contribution in [0.1, 0.15) is 5.69 Å². The fourth-order valence-corrected chi connectivity index (χ4v) is 4.10. The van der Waals surface area contributed by atoms with Crippen molar-refractivity contribution in [1.29, 1.82) is 0 Å². The Morgan fingerprint density at radius 3 is 2.73 bits per heavy atom. The molecular weight excluding hydrogens is 418 g/mol. The maximum Gasteiger partial charge on any atom is 0.272 e. The van der Waals surface area contributed by atoms with Gasteiger partial charge in [-0.3, -0.25) is 14.5 Å². The summed E-state index contributed by atoms with van der Waals surface area (Å²) in [5.74, 6) is 0.580. The predicted molar refractivity (Wildman–Crippen MR) is 126 cm³/mol. The van der Waals surface area contributed by atoms with Gasteiger partial charge in [-0.1, -0.05) is 12.1 Å². The second-order valence-corrected chi connectivity index (χ2v) is 7.51. The van der Waals surface area contributed by atoms with Gasteiger partial charge in [0, 0.05) is 35.5 Å². The van der Waals surface area contributed by atoms with Gasteiger partial charge in [-0.25, -0.2) is 9.94 Å². The second kappa shape index (κ2) is 7.85.